The maximum Gasteiger partial charge on any atom is 0.256 e. The number of carbonyl (C=O) groups excluding carboxylic acids is 1. The Bertz CT molecular complexity index is 710. The zero-order valence-electron chi connectivity index (χ0n) is 12.9. The third-order valence-corrected chi connectivity index (χ3v) is 3.45. The minimum atomic E-state index is -1.00. The van der Waals surface area contributed by atoms with Crippen LogP contribution >= 0.6 is 11.6 Å². The van der Waals surface area contributed by atoms with Gasteiger partial charge in [0.05, 0.1) is 0 Å². The molecule has 1 amide bonds. The molecule has 4 N–H and O–H groups in total. The lowest BCUT2D eigenvalue weighted by molar-refractivity contribution is 0.0963. The van der Waals surface area contributed by atoms with E-state index in [4.69, 9.17) is 27.5 Å². The lowest BCUT2D eigenvalue weighted by Crippen LogP contribution is -2.48. The molecule has 0 saturated heterocycles. The Morgan fingerprint density at radius 2 is 1.70 bits per heavy atom. The zero-order chi connectivity index (χ0) is 17.0. The van der Waals surface area contributed by atoms with Crippen molar-refractivity contribution in [1.82, 2.24) is 5.32 Å². The fourth-order valence-corrected chi connectivity index (χ4v) is 1.94. The first-order valence-corrected chi connectivity index (χ1v) is 7.36. The quantitative estimate of drug-likeness (QED) is 0.455. The molecule has 0 unspecified atom stereocenters. The van der Waals surface area contributed by atoms with Crippen LogP contribution in [0.3, 0.4) is 0 Å². The number of rotatable bonds is 4. The van der Waals surface area contributed by atoms with Crippen molar-refractivity contribution >= 4 is 29.0 Å². The smallest absolute Gasteiger partial charge is 0.256 e. The van der Waals surface area contributed by atoms with Crippen LogP contribution in [0.5, 0.6) is 5.75 Å². The van der Waals surface area contributed by atoms with Crippen LogP contribution in [0.25, 0.3) is 0 Å². The predicted molar refractivity (Wildman–Crippen MR) is 92.2 cm³/mol. The highest BCUT2D eigenvalue weighted by Gasteiger charge is 2.28. The summed E-state index contributed by atoms with van der Waals surface area (Å²) in [7, 11) is 0. The number of amidine groups is 1. The van der Waals surface area contributed by atoms with Crippen molar-refractivity contribution in [3.05, 3.63) is 59.1 Å². The van der Waals surface area contributed by atoms with Gasteiger partial charge < -0.3 is 15.8 Å². The normalized spacial score (nSPS) is 10.9. The maximum atomic E-state index is 12.1. The van der Waals surface area contributed by atoms with E-state index in [9.17, 15) is 4.79 Å². The topological polar surface area (TPSA) is 88.2 Å². The minimum absolute atomic E-state index is 0.0470. The Morgan fingerprint density at radius 3 is 2.26 bits per heavy atom. The third kappa shape index (κ3) is 4.47. The number of hydrogen-bond acceptors (Lipinski definition) is 4. The van der Waals surface area contributed by atoms with Gasteiger partial charge in [-0.1, -0.05) is 11.6 Å². The van der Waals surface area contributed by atoms with Crippen molar-refractivity contribution in [2.45, 2.75) is 19.4 Å². The van der Waals surface area contributed by atoms with E-state index in [0.717, 1.165) is 0 Å². The van der Waals surface area contributed by atoms with Crippen molar-refractivity contribution < 1.29 is 9.53 Å². The van der Waals surface area contributed by atoms with Crippen LogP contribution in [0.2, 0.25) is 5.02 Å². The van der Waals surface area contributed by atoms with Crippen LogP contribution < -0.4 is 15.8 Å². The summed E-state index contributed by atoms with van der Waals surface area (Å²) in [6, 6.07) is 13.3. The molecule has 0 aliphatic carbocycles. The molecule has 23 heavy (non-hydrogen) atoms. The van der Waals surface area contributed by atoms with E-state index in [1.165, 1.54) is 0 Å². The molecule has 5 nitrogen and oxygen atoms in total. The Hall–Kier alpha value is -2.53. The number of hydrogen-bond donors (Lipinski definition) is 3. The number of ether oxygens (including phenoxy) is 1. The van der Waals surface area contributed by atoms with Gasteiger partial charge in [-0.3, -0.25) is 10.2 Å². The SMILES string of the molecule is CC(C)(Oc1ccc(N)cc1)C(=N)NC(=O)c1ccc(Cl)cc1. The number of benzene rings is 2. The first kappa shape index (κ1) is 16.8. The number of carbonyl (C=O) groups is 1. The van der Waals surface area contributed by atoms with Crippen LogP contribution in [0.4, 0.5) is 5.69 Å². The van der Waals surface area contributed by atoms with Gasteiger partial charge in [0.1, 0.15) is 11.6 Å². The monoisotopic (exact) mass is 331 g/mol. The second-order valence-corrected chi connectivity index (χ2v) is 5.95. The van der Waals surface area contributed by atoms with Crippen LogP contribution in [0.15, 0.2) is 48.5 Å². The number of anilines is 1. The molecule has 0 aliphatic heterocycles. The molecule has 0 atom stereocenters. The molecule has 2 rings (SSSR count). The number of halogens is 1. The first-order valence-electron chi connectivity index (χ1n) is 6.98. The molecule has 6 heteroatoms. The zero-order valence-corrected chi connectivity index (χ0v) is 13.6. The summed E-state index contributed by atoms with van der Waals surface area (Å²) in [5.74, 6) is 0.129. The van der Waals surface area contributed by atoms with E-state index in [-0.39, 0.29) is 11.7 Å². The second kappa shape index (κ2) is 6.71. The highest BCUT2D eigenvalue weighted by molar-refractivity contribution is 6.30. The minimum Gasteiger partial charge on any atom is -0.480 e. The second-order valence-electron chi connectivity index (χ2n) is 5.52. The Morgan fingerprint density at radius 1 is 1.13 bits per heavy atom. The largest absolute Gasteiger partial charge is 0.480 e. The van der Waals surface area contributed by atoms with Crippen LogP contribution in [0, 0.1) is 5.41 Å². The molecular formula is C17H18ClN3O2. The van der Waals surface area contributed by atoms with Gasteiger partial charge in [0.2, 0.25) is 0 Å². The van der Waals surface area contributed by atoms with E-state index < -0.39 is 5.60 Å². The van der Waals surface area contributed by atoms with Gasteiger partial charge in [-0.05, 0) is 62.4 Å². The standard InChI is InChI=1S/C17H18ClN3O2/c1-17(2,23-14-9-7-13(19)8-10-14)16(20)21-15(22)11-3-5-12(18)6-4-11/h3-10H,19H2,1-2H3,(H2,20,21,22). The molecule has 0 saturated carbocycles. The van der Waals surface area contributed by atoms with E-state index in [1.54, 1.807) is 62.4 Å². The average Bonchev–Trinajstić information content (AvgIpc) is 2.50. The highest BCUT2D eigenvalue weighted by Crippen LogP contribution is 2.20. The summed E-state index contributed by atoms with van der Waals surface area (Å²) in [5, 5.41) is 11.2. The third-order valence-electron chi connectivity index (χ3n) is 3.20. The van der Waals surface area contributed by atoms with Crippen LogP contribution in [-0.2, 0) is 0 Å². The van der Waals surface area contributed by atoms with Gasteiger partial charge in [-0.15, -0.1) is 0 Å². The summed E-state index contributed by atoms with van der Waals surface area (Å²) in [4.78, 5) is 12.1. The average molecular weight is 332 g/mol. The molecule has 0 heterocycles. The van der Waals surface area contributed by atoms with Gasteiger partial charge in [0.15, 0.2) is 5.60 Å². The summed E-state index contributed by atoms with van der Waals surface area (Å²) >= 11 is 5.79. The summed E-state index contributed by atoms with van der Waals surface area (Å²) < 4.78 is 5.76. The molecule has 2 aromatic carbocycles. The van der Waals surface area contributed by atoms with E-state index in [1.807, 2.05) is 0 Å². The Kier molecular flexibility index (Phi) is 4.91. The fraction of sp³-hybridized carbons (Fsp3) is 0.176. The molecule has 0 fully saturated rings. The lowest BCUT2D eigenvalue weighted by atomic mass is 10.1. The molecule has 0 bridgehead atoms. The summed E-state index contributed by atoms with van der Waals surface area (Å²) in [6.07, 6.45) is 0. The number of amides is 1. The van der Waals surface area contributed by atoms with Gasteiger partial charge >= 0.3 is 0 Å². The van der Waals surface area contributed by atoms with Crippen LogP contribution in [-0.4, -0.2) is 17.3 Å². The molecular weight excluding hydrogens is 314 g/mol. The molecule has 2 aromatic rings. The number of nitrogens with one attached hydrogen (secondary N) is 2. The molecule has 120 valence electrons. The van der Waals surface area contributed by atoms with Gasteiger partial charge in [0, 0.05) is 16.3 Å². The van der Waals surface area contributed by atoms with E-state index >= 15 is 0 Å². The predicted octanol–water partition coefficient (Wildman–Crippen LogP) is 3.49. The molecule has 0 aliphatic rings. The van der Waals surface area contributed by atoms with Crippen molar-refractivity contribution in [2.75, 3.05) is 5.73 Å². The highest BCUT2D eigenvalue weighted by atomic mass is 35.5. The van der Waals surface area contributed by atoms with E-state index in [2.05, 4.69) is 5.32 Å². The van der Waals surface area contributed by atoms with Gasteiger partial charge in [-0.2, -0.15) is 0 Å². The Balaban J connectivity index is 2.04. The summed E-state index contributed by atoms with van der Waals surface area (Å²) in [5.41, 5.74) is 5.67. The molecule has 0 radical (unpaired) electrons. The van der Waals surface area contributed by atoms with Crippen LogP contribution in [0.1, 0.15) is 24.2 Å². The maximum absolute atomic E-state index is 12.1. The Labute approximate surface area is 139 Å². The van der Waals surface area contributed by atoms with Gasteiger partial charge in [-0.25, -0.2) is 0 Å². The first-order chi connectivity index (χ1) is 10.8. The number of nitrogens with two attached hydrogens (primary N) is 1. The van der Waals surface area contributed by atoms with Crippen molar-refractivity contribution in [1.29, 1.82) is 5.41 Å². The molecule has 0 aromatic heterocycles. The lowest BCUT2D eigenvalue weighted by Gasteiger charge is -2.27. The number of nitrogen functional groups attached to an aromatic ring is 1. The van der Waals surface area contributed by atoms with Crippen molar-refractivity contribution in [3.63, 3.8) is 0 Å². The van der Waals surface area contributed by atoms with Gasteiger partial charge in [0.25, 0.3) is 5.91 Å². The van der Waals surface area contributed by atoms with Crippen molar-refractivity contribution in [2.24, 2.45) is 0 Å². The van der Waals surface area contributed by atoms with E-state index in [0.29, 0.717) is 22.0 Å². The molecule has 0 spiro atoms. The van der Waals surface area contributed by atoms with Crippen molar-refractivity contribution in [3.8, 4) is 5.75 Å². The fourth-order valence-electron chi connectivity index (χ4n) is 1.82. The summed E-state index contributed by atoms with van der Waals surface area (Å²) in [6.45, 7) is 3.40.